The number of hydrogen-bond acceptors (Lipinski definition) is 3. The number of nitrogens with zero attached hydrogens (tertiary/aromatic N) is 4. The third-order valence-electron chi connectivity index (χ3n) is 9.67. The molecule has 0 unspecified atom stereocenters. The van der Waals surface area contributed by atoms with Crippen molar-refractivity contribution in [3.63, 3.8) is 0 Å². The van der Waals surface area contributed by atoms with Crippen molar-refractivity contribution < 1.29 is 12.3 Å². The van der Waals surface area contributed by atoms with Gasteiger partial charge in [-0.25, -0.2) is 15.0 Å². The standard InChI is InChI=1S/C51H34N4/c1-4-15-35(16-5-1)37-29-31-39(32-30-37)49-52-50(41-22-12-21-40(33-41)36-17-6-2-7-18-36)54-51(53-49)42-23-13-24-43(34-42)55-47-28-11-10-25-45(47)46-27-14-26-44(48(46)55)38-19-8-3-9-20-38/h1-34H/i3D,8D,9D,10D,11D,19D,20D,25D,28D. The lowest BCUT2D eigenvalue weighted by Crippen LogP contribution is -2.01. The summed E-state index contributed by atoms with van der Waals surface area (Å²) in [5.41, 5.74) is 7.40. The van der Waals surface area contributed by atoms with Gasteiger partial charge in [0.05, 0.1) is 23.4 Å². The fraction of sp³-hybridized carbons (Fsp3) is 0. The third kappa shape index (κ3) is 6.06. The molecule has 4 heteroatoms. The maximum absolute atomic E-state index is 9.21. The first-order chi connectivity index (χ1) is 31.0. The summed E-state index contributed by atoms with van der Waals surface area (Å²) in [6.45, 7) is 0. The molecule has 8 aromatic carbocycles. The zero-order chi connectivity index (χ0) is 44.4. The van der Waals surface area contributed by atoms with Crippen molar-refractivity contribution in [3.05, 3.63) is 206 Å². The molecule has 0 saturated carbocycles. The van der Waals surface area contributed by atoms with Crippen LogP contribution >= 0.6 is 0 Å². The molecule has 0 amide bonds. The number of benzene rings is 8. The van der Waals surface area contributed by atoms with Crippen molar-refractivity contribution in [3.8, 4) is 73.2 Å². The van der Waals surface area contributed by atoms with E-state index in [1.165, 1.54) is 0 Å². The molecule has 0 spiro atoms. The van der Waals surface area contributed by atoms with Crippen LogP contribution in [0.2, 0.25) is 0 Å². The third-order valence-corrected chi connectivity index (χ3v) is 9.67. The molecule has 0 bridgehead atoms. The quantitative estimate of drug-likeness (QED) is 0.165. The molecule has 0 radical (unpaired) electrons. The van der Waals surface area contributed by atoms with Crippen LogP contribution < -0.4 is 0 Å². The Morgan fingerprint density at radius 3 is 1.62 bits per heavy atom. The maximum atomic E-state index is 9.21. The van der Waals surface area contributed by atoms with E-state index in [0.29, 0.717) is 39.6 Å². The van der Waals surface area contributed by atoms with Gasteiger partial charge in [0.25, 0.3) is 0 Å². The van der Waals surface area contributed by atoms with Crippen LogP contribution in [0.1, 0.15) is 12.3 Å². The summed E-state index contributed by atoms with van der Waals surface area (Å²) in [5.74, 6) is 1.21. The van der Waals surface area contributed by atoms with Gasteiger partial charge in [0.2, 0.25) is 0 Å². The Bertz CT molecular complexity index is 3460. The lowest BCUT2D eigenvalue weighted by Gasteiger charge is -2.14. The first kappa shape index (κ1) is 24.0. The monoisotopic (exact) mass is 711 g/mol. The zero-order valence-corrected chi connectivity index (χ0v) is 29.2. The molecule has 0 fully saturated rings. The van der Waals surface area contributed by atoms with Crippen LogP contribution in [0.3, 0.4) is 0 Å². The summed E-state index contributed by atoms with van der Waals surface area (Å²) < 4.78 is 80.4. The minimum absolute atomic E-state index is 0.0603. The first-order valence-corrected chi connectivity index (χ1v) is 17.8. The van der Waals surface area contributed by atoms with E-state index in [2.05, 4.69) is 12.1 Å². The molecule has 2 heterocycles. The Hall–Kier alpha value is -7.43. The van der Waals surface area contributed by atoms with Crippen LogP contribution in [0.15, 0.2) is 206 Å². The summed E-state index contributed by atoms with van der Waals surface area (Å²) in [7, 11) is 0. The van der Waals surface area contributed by atoms with Gasteiger partial charge in [0.1, 0.15) is 0 Å². The molecular weight excluding hydrogens is 669 g/mol. The Balaban J connectivity index is 1.22. The Morgan fingerprint density at radius 1 is 0.364 bits per heavy atom. The second-order valence-corrected chi connectivity index (χ2v) is 13.0. The predicted octanol–water partition coefficient (Wildman–Crippen LogP) is 13.0. The van der Waals surface area contributed by atoms with Crippen LogP contribution in [0.25, 0.3) is 95.0 Å². The van der Waals surface area contributed by atoms with Crippen LogP contribution in [0.4, 0.5) is 0 Å². The molecule has 4 nitrogen and oxygen atoms in total. The SMILES string of the molecule is [2H]c1c([2H])c([2H])c(-c2cccc3c4c([2H])c([2H])c([2H])c([2H])c4n(-c4cccc(-c5nc(-c6ccc(-c7ccccc7)cc6)nc(-c6cccc(-c7ccccc7)c6)n5)c4)c23)c([2H])c1[2H]. The minimum atomic E-state index is -0.534. The van der Waals surface area contributed by atoms with Gasteiger partial charge in [-0.2, -0.15) is 0 Å². The number of fused-ring (bicyclic) bond motifs is 3. The summed E-state index contributed by atoms with van der Waals surface area (Å²) in [6.07, 6.45) is 0. The van der Waals surface area contributed by atoms with E-state index in [1.807, 2.05) is 109 Å². The number of rotatable bonds is 7. The molecule has 0 N–H and O–H groups in total. The molecule has 2 aromatic heterocycles. The summed E-state index contributed by atoms with van der Waals surface area (Å²) >= 11 is 0. The summed E-state index contributed by atoms with van der Waals surface area (Å²) in [6, 6.07) is 44.6. The van der Waals surface area contributed by atoms with Gasteiger partial charge in [-0.3, -0.25) is 0 Å². The van der Waals surface area contributed by atoms with Gasteiger partial charge < -0.3 is 4.57 Å². The molecular formula is C51H34N4. The van der Waals surface area contributed by atoms with E-state index in [1.54, 1.807) is 34.9 Å². The van der Waals surface area contributed by atoms with Crippen LogP contribution in [-0.4, -0.2) is 19.5 Å². The second-order valence-electron chi connectivity index (χ2n) is 13.0. The smallest absolute Gasteiger partial charge is 0.164 e. The minimum Gasteiger partial charge on any atom is -0.309 e. The van der Waals surface area contributed by atoms with Crippen LogP contribution in [0, 0.1) is 0 Å². The summed E-state index contributed by atoms with van der Waals surface area (Å²) in [4.78, 5) is 15.1. The van der Waals surface area contributed by atoms with E-state index >= 15 is 0 Å². The van der Waals surface area contributed by atoms with Crippen molar-refractivity contribution in [1.29, 1.82) is 0 Å². The lowest BCUT2D eigenvalue weighted by molar-refractivity contribution is 1.07. The van der Waals surface area contributed by atoms with Gasteiger partial charge in [-0.05, 0) is 52.1 Å². The second kappa shape index (κ2) is 13.8. The van der Waals surface area contributed by atoms with Crippen molar-refractivity contribution in [2.45, 2.75) is 0 Å². The van der Waals surface area contributed by atoms with Crippen LogP contribution in [-0.2, 0) is 0 Å². The fourth-order valence-electron chi connectivity index (χ4n) is 7.07. The van der Waals surface area contributed by atoms with E-state index in [0.717, 1.165) is 33.4 Å². The average molecular weight is 712 g/mol. The molecule has 0 saturated heterocycles. The van der Waals surface area contributed by atoms with Crippen LogP contribution in [0.5, 0.6) is 0 Å². The molecule has 10 aromatic rings. The van der Waals surface area contributed by atoms with Crippen molar-refractivity contribution >= 4 is 21.8 Å². The first-order valence-electron chi connectivity index (χ1n) is 22.3. The van der Waals surface area contributed by atoms with Gasteiger partial charge in [0.15, 0.2) is 17.5 Å². The Labute approximate surface area is 332 Å². The molecule has 55 heavy (non-hydrogen) atoms. The predicted molar refractivity (Wildman–Crippen MR) is 227 cm³/mol. The van der Waals surface area contributed by atoms with E-state index in [-0.39, 0.29) is 34.1 Å². The molecule has 0 aliphatic rings. The molecule has 0 aliphatic heterocycles. The normalized spacial score (nSPS) is 13.6. The van der Waals surface area contributed by atoms with Gasteiger partial charge in [-0.1, -0.05) is 182 Å². The Morgan fingerprint density at radius 2 is 0.891 bits per heavy atom. The van der Waals surface area contributed by atoms with Gasteiger partial charge >= 0.3 is 0 Å². The fourth-order valence-corrected chi connectivity index (χ4v) is 7.07. The highest BCUT2D eigenvalue weighted by molar-refractivity contribution is 6.13. The highest BCUT2D eigenvalue weighted by Gasteiger charge is 2.18. The van der Waals surface area contributed by atoms with E-state index in [9.17, 15) is 1.37 Å². The summed E-state index contributed by atoms with van der Waals surface area (Å²) in [5, 5.41) is 0.640. The van der Waals surface area contributed by atoms with E-state index in [4.69, 9.17) is 25.9 Å². The van der Waals surface area contributed by atoms with Gasteiger partial charge in [-0.15, -0.1) is 0 Å². The zero-order valence-electron chi connectivity index (χ0n) is 38.2. The highest BCUT2D eigenvalue weighted by atomic mass is 15.0. The molecule has 10 rings (SSSR count). The number of hydrogen-bond donors (Lipinski definition) is 0. The highest BCUT2D eigenvalue weighted by Crippen LogP contribution is 2.39. The average Bonchev–Trinajstić information content (AvgIpc) is 3.71. The maximum Gasteiger partial charge on any atom is 0.164 e. The largest absolute Gasteiger partial charge is 0.309 e. The Kier molecular flexibility index (Phi) is 6.04. The molecule has 258 valence electrons. The van der Waals surface area contributed by atoms with Crippen molar-refractivity contribution in [1.82, 2.24) is 19.5 Å². The topological polar surface area (TPSA) is 43.6 Å². The van der Waals surface area contributed by atoms with Crippen molar-refractivity contribution in [2.24, 2.45) is 0 Å². The van der Waals surface area contributed by atoms with Crippen molar-refractivity contribution in [2.75, 3.05) is 0 Å². The number of para-hydroxylation sites is 2. The molecule has 0 aliphatic carbocycles. The van der Waals surface area contributed by atoms with E-state index < -0.39 is 42.3 Å². The van der Waals surface area contributed by atoms with Gasteiger partial charge in [0, 0.05) is 38.7 Å². The lowest BCUT2D eigenvalue weighted by atomic mass is 10.0. The molecule has 0 atom stereocenters. The number of aromatic nitrogens is 4.